The predicted molar refractivity (Wildman–Crippen MR) is 69.9 cm³/mol. The number of aromatic amines is 1. The molecule has 3 nitrogen and oxygen atoms in total. The number of nitrogens with one attached hydrogen (secondary N) is 2. The maximum absolute atomic E-state index is 11.7. The predicted octanol–water partition coefficient (Wildman–Crippen LogP) is 2.48. The van der Waals surface area contributed by atoms with E-state index >= 15 is 0 Å². The van der Waals surface area contributed by atoms with Crippen LogP contribution >= 0.6 is 0 Å². The summed E-state index contributed by atoms with van der Waals surface area (Å²) in [7, 11) is 0. The molecule has 0 aliphatic carbocycles. The van der Waals surface area contributed by atoms with Gasteiger partial charge in [-0.3, -0.25) is 4.79 Å². The maximum atomic E-state index is 11.7. The fourth-order valence-electron chi connectivity index (χ4n) is 1.83. The molecule has 0 atom stereocenters. The number of fused-ring (bicyclic) bond motifs is 1. The van der Waals surface area contributed by atoms with Crippen LogP contribution in [-0.2, 0) is 11.2 Å². The van der Waals surface area contributed by atoms with Gasteiger partial charge in [-0.1, -0.05) is 32.0 Å². The van der Waals surface area contributed by atoms with Crippen molar-refractivity contribution in [3.8, 4) is 0 Å². The van der Waals surface area contributed by atoms with E-state index in [1.807, 2.05) is 30.5 Å². The first-order valence-corrected chi connectivity index (χ1v) is 5.98. The molecular formula is C14H18N2O. The van der Waals surface area contributed by atoms with Gasteiger partial charge in [-0.2, -0.15) is 0 Å². The maximum Gasteiger partial charge on any atom is 0.224 e. The first-order valence-electron chi connectivity index (χ1n) is 5.98. The van der Waals surface area contributed by atoms with Gasteiger partial charge in [0.1, 0.15) is 0 Å². The average Bonchev–Trinajstić information content (AvgIpc) is 2.70. The number of hydrogen-bond acceptors (Lipinski definition) is 1. The number of hydrogen-bond donors (Lipinski definition) is 2. The zero-order valence-corrected chi connectivity index (χ0v) is 10.3. The smallest absolute Gasteiger partial charge is 0.224 e. The Morgan fingerprint density at radius 2 is 2.12 bits per heavy atom. The van der Waals surface area contributed by atoms with E-state index in [0.29, 0.717) is 12.3 Å². The van der Waals surface area contributed by atoms with Crippen LogP contribution in [0.15, 0.2) is 30.5 Å². The SMILES string of the molecule is CC(C)CNC(=O)Cc1c[nH]c2ccccc12. The number of para-hydroxylation sites is 1. The van der Waals surface area contributed by atoms with Crippen molar-refractivity contribution in [3.63, 3.8) is 0 Å². The molecule has 1 aromatic heterocycles. The van der Waals surface area contributed by atoms with Gasteiger partial charge in [0, 0.05) is 23.6 Å². The molecule has 0 bridgehead atoms. The Labute approximate surface area is 101 Å². The minimum atomic E-state index is 0.0865. The molecule has 0 unspecified atom stereocenters. The second kappa shape index (κ2) is 5.04. The fraction of sp³-hybridized carbons (Fsp3) is 0.357. The number of carbonyl (C=O) groups excluding carboxylic acids is 1. The van der Waals surface area contributed by atoms with Crippen LogP contribution in [0.25, 0.3) is 10.9 Å². The van der Waals surface area contributed by atoms with Crippen LogP contribution in [0.5, 0.6) is 0 Å². The highest BCUT2D eigenvalue weighted by atomic mass is 16.1. The van der Waals surface area contributed by atoms with Crippen molar-refractivity contribution in [2.45, 2.75) is 20.3 Å². The van der Waals surface area contributed by atoms with Crippen LogP contribution < -0.4 is 5.32 Å². The lowest BCUT2D eigenvalue weighted by Gasteiger charge is -2.06. The first-order chi connectivity index (χ1) is 8.16. The van der Waals surface area contributed by atoms with Crippen molar-refractivity contribution >= 4 is 16.8 Å². The third kappa shape index (κ3) is 2.87. The summed E-state index contributed by atoms with van der Waals surface area (Å²) < 4.78 is 0. The van der Waals surface area contributed by atoms with E-state index in [1.165, 1.54) is 0 Å². The van der Waals surface area contributed by atoms with Crippen LogP contribution in [0.4, 0.5) is 0 Å². The van der Waals surface area contributed by atoms with Crippen LogP contribution in [0.1, 0.15) is 19.4 Å². The summed E-state index contributed by atoms with van der Waals surface area (Å²) >= 11 is 0. The molecule has 2 rings (SSSR count). The molecule has 1 aromatic carbocycles. The van der Waals surface area contributed by atoms with E-state index in [4.69, 9.17) is 0 Å². The van der Waals surface area contributed by atoms with Crippen molar-refractivity contribution in [2.75, 3.05) is 6.54 Å². The summed E-state index contributed by atoms with van der Waals surface area (Å²) in [5.74, 6) is 0.574. The summed E-state index contributed by atoms with van der Waals surface area (Å²) in [6, 6.07) is 8.04. The second-order valence-electron chi connectivity index (χ2n) is 4.73. The molecule has 1 amide bonds. The van der Waals surface area contributed by atoms with Gasteiger partial charge < -0.3 is 10.3 Å². The number of aromatic nitrogens is 1. The zero-order valence-electron chi connectivity index (χ0n) is 10.3. The Morgan fingerprint density at radius 1 is 1.35 bits per heavy atom. The molecular weight excluding hydrogens is 212 g/mol. The Morgan fingerprint density at radius 3 is 2.88 bits per heavy atom. The van der Waals surface area contributed by atoms with Gasteiger partial charge in [-0.25, -0.2) is 0 Å². The first kappa shape index (κ1) is 11.7. The monoisotopic (exact) mass is 230 g/mol. The minimum absolute atomic E-state index is 0.0865. The molecule has 0 aliphatic rings. The van der Waals surface area contributed by atoms with Gasteiger partial charge in [0.05, 0.1) is 6.42 Å². The third-order valence-corrected chi connectivity index (χ3v) is 2.73. The number of H-pyrrole nitrogens is 1. The quantitative estimate of drug-likeness (QED) is 0.832. The molecule has 0 saturated carbocycles. The molecule has 3 heteroatoms. The van der Waals surface area contributed by atoms with Gasteiger partial charge in [0.2, 0.25) is 5.91 Å². The van der Waals surface area contributed by atoms with Crippen molar-refractivity contribution in [3.05, 3.63) is 36.0 Å². The molecule has 0 fully saturated rings. The van der Waals surface area contributed by atoms with Crippen LogP contribution in [-0.4, -0.2) is 17.4 Å². The highest BCUT2D eigenvalue weighted by Crippen LogP contribution is 2.17. The zero-order chi connectivity index (χ0) is 12.3. The number of amides is 1. The van der Waals surface area contributed by atoms with Crippen molar-refractivity contribution in [1.29, 1.82) is 0 Å². The number of carbonyl (C=O) groups is 1. The highest BCUT2D eigenvalue weighted by molar-refractivity contribution is 5.88. The van der Waals surface area contributed by atoms with Crippen molar-refractivity contribution < 1.29 is 4.79 Å². The lowest BCUT2D eigenvalue weighted by atomic mass is 10.1. The lowest BCUT2D eigenvalue weighted by molar-refractivity contribution is -0.120. The molecule has 0 spiro atoms. The van der Waals surface area contributed by atoms with E-state index in [1.54, 1.807) is 0 Å². The van der Waals surface area contributed by atoms with Gasteiger partial charge >= 0.3 is 0 Å². The lowest BCUT2D eigenvalue weighted by Crippen LogP contribution is -2.28. The second-order valence-corrected chi connectivity index (χ2v) is 4.73. The van der Waals surface area contributed by atoms with E-state index in [9.17, 15) is 4.79 Å². The van der Waals surface area contributed by atoms with E-state index in [2.05, 4.69) is 24.1 Å². The Hall–Kier alpha value is -1.77. The normalized spacial score (nSPS) is 11.0. The Bertz CT molecular complexity index is 514. The molecule has 17 heavy (non-hydrogen) atoms. The van der Waals surface area contributed by atoms with Crippen molar-refractivity contribution in [1.82, 2.24) is 10.3 Å². The highest BCUT2D eigenvalue weighted by Gasteiger charge is 2.08. The molecule has 0 radical (unpaired) electrons. The molecule has 90 valence electrons. The summed E-state index contributed by atoms with van der Waals surface area (Å²) in [4.78, 5) is 14.9. The molecule has 1 heterocycles. The third-order valence-electron chi connectivity index (χ3n) is 2.73. The average molecular weight is 230 g/mol. The number of rotatable bonds is 4. The Balaban J connectivity index is 2.06. The summed E-state index contributed by atoms with van der Waals surface area (Å²) in [6.45, 7) is 4.92. The number of benzene rings is 1. The Kier molecular flexibility index (Phi) is 3.47. The van der Waals surface area contributed by atoms with Crippen LogP contribution in [0.2, 0.25) is 0 Å². The summed E-state index contributed by atoms with van der Waals surface area (Å²) in [6.07, 6.45) is 2.36. The van der Waals surface area contributed by atoms with E-state index in [-0.39, 0.29) is 5.91 Å². The largest absolute Gasteiger partial charge is 0.361 e. The van der Waals surface area contributed by atoms with Crippen LogP contribution in [0, 0.1) is 5.92 Å². The topological polar surface area (TPSA) is 44.9 Å². The van der Waals surface area contributed by atoms with Gasteiger partial charge in [-0.05, 0) is 17.5 Å². The summed E-state index contributed by atoms with van der Waals surface area (Å²) in [5.41, 5.74) is 2.14. The summed E-state index contributed by atoms with van der Waals surface area (Å²) in [5, 5.41) is 4.06. The molecule has 2 N–H and O–H groups in total. The van der Waals surface area contributed by atoms with Crippen LogP contribution in [0.3, 0.4) is 0 Å². The molecule has 2 aromatic rings. The fourth-order valence-corrected chi connectivity index (χ4v) is 1.83. The van der Waals surface area contributed by atoms with E-state index < -0.39 is 0 Å². The van der Waals surface area contributed by atoms with Crippen molar-refractivity contribution in [2.24, 2.45) is 5.92 Å². The molecule has 0 aliphatic heterocycles. The van der Waals surface area contributed by atoms with Gasteiger partial charge in [0.15, 0.2) is 0 Å². The standard InChI is InChI=1S/C14H18N2O/c1-10(2)8-16-14(17)7-11-9-15-13-6-4-3-5-12(11)13/h3-6,9-10,15H,7-8H2,1-2H3,(H,16,17). The van der Waals surface area contributed by atoms with Gasteiger partial charge in [-0.15, -0.1) is 0 Å². The molecule has 0 saturated heterocycles. The van der Waals surface area contributed by atoms with E-state index in [0.717, 1.165) is 23.0 Å². The minimum Gasteiger partial charge on any atom is -0.361 e. The van der Waals surface area contributed by atoms with Gasteiger partial charge in [0.25, 0.3) is 0 Å².